The van der Waals surface area contributed by atoms with Crippen molar-refractivity contribution in [1.82, 2.24) is 9.80 Å². The average molecular weight is 515 g/mol. The van der Waals surface area contributed by atoms with E-state index in [0.29, 0.717) is 17.7 Å². The van der Waals surface area contributed by atoms with E-state index < -0.39 is 29.3 Å². The molecule has 5 aliphatic rings. The fraction of sp³-hybridized carbons (Fsp3) is 0.520. The van der Waals surface area contributed by atoms with Crippen molar-refractivity contribution in [2.75, 3.05) is 26.2 Å². The fourth-order valence-electron chi connectivity index (χ4n) is 6.32. The molecule has 4 atom stereocenters. The van der Waals surface area contributed by atoms with Crippen LogP contribution in [0.3, 0.4) is 0 Å². The first-order chi connectivity index (χ1) is 17.0. The quantitative estimate of drug-likeness (QED) is 0.605. The maximum absolute atomic E-state index is 14.4. The van der Waals surface area contributed by atoms with Crippen LogP contribution in [0.4, 0.5) is 0 Å². The summed E-state index contributed by atoms with van der Waals surface area (Å²) in [5.41, 5.74) is 8.68. The van der Waals surface area contributed by atoms with Crippen molar-refractivity contribution < 1.29 is 19.1 Å². The molecule has 8 nitrogen and oxygen atoms in total. The summed E-state index contributed by atoms with van der Waals surface area (Å²) < 4.78 is 5.63. The fourth-order valence-corrected chi connectivity index (χ4v) is 7.64. The Balaban J connectivity index is 1.48. The molecule has 0 aromatic heterocycles. The molecule has 0 radical (unpaired) electrons. The second kappa shape index (κ2) is 8.94. The van der Waals surface area contributed by atoms with Crippen molar-refractivity contribution in [2.24, 2.45) is 16.6 Å². The molecule has 0 unspecified atom stereocenters. The van der Waals surface area contributed by atoms with Crippen molar-refractivity contribution in [3.8, 4) is 0 Å². The predicted molar refractivity (Wildman–Crippen MR) is 134 cm³/mol. The predicted octanol–water partition coefficient (Wildman–Crippen LogP) is 2.56. The highest BCUT2D eigenvalue weighted by atomic mass is 35.5. The normalized spacial score (nSPS) is 28.8. The summed E-state index contributed by atoms with van der Waals surface area (Å²) in [6.45, 7) is 1.69. The van der Waals surface area contributed by atoms with Gasteiger partial charge in [0.1, 0.15) is 18.8 Å². The number of aliphatic imine (C=N–C) groups is 1. The van der Waals surface area contributed by atoms with Crippen molar-refractivity contribution in [1.29, 1.82) is 0 Å². The van der Waals surface area contributed by atoms with Gasteiger partial charge in [-0.25, -0.2) is 0 Å². The molecule has 1 aromatic rings. The van der Waals surface area contributed by atoms with Crippen LogP contribution in [0.2, 0.25) is 0 Å². The summed E-state index contributed by atoms with van der Waals surface area (Å²) in [4.78, 5) is 48.1. The molecule has 3 fully saturated rings. The van der Waals surface area contributed by atoms with Gasteiger partial charge in [0.25, 0.3) is 0 Å². The van der Waals surface area contributed by atoms with Crippen molar-refractivity contribution in [3.63, 3.8) is 0 Å². The van der Waals surface area contributed by atoms with Crippen LogP contribution in [0.1, 0.15) is 53.1 Å². The van der Waals surface area contributed by atoms with Gasteiger partial charge < -0.3 is 20.3 Å². The molecule has 0 spiro atoms. The van der Waals surface area contributed by atoms with Gasteiger partial charge in [0, 0.05) is 29.6 Å². The largest absolute Gasteiger partial charge is 0.366 e. The van der Waals surface area contributed by atoms with Gasteiger partial charge in [-0.1, -0.05) is 36.7 Å². The van der Waals surface area contributed by atoms with E-state index in [0.717, 1.165) is 48.7 Å². The van der Waals surface area contributed by atoms with Gasteiger partial charge in [-0.3, -0.25) is 19.4 Å². The summed E-state index contributed by atoms with van der Waals surface area (Å²) in [5.74, 6) is -1.39. The number of carbonyl (C=O) groups is 3. The first-order valence-corrected chi connectivity index (χ1v) is 13.5. The lowest BCUT2D eigenvalue weighted by Crippen LogP contribution is -2.46. The molecule has 2 saturated heterocycles. The number of ether oxygens (including phenoxy) is 1. The number of ketones is 1. The molecule has 10 heteroatoms. The number of Topliss-reactive ketones (excluding diaryl/α,β-unsaturated/α-hetero) is 1. The number of benzene rings is 1. The highest BCUT2D eigenvalue weighted by Crippen LogP contribution is 2.46. The van der Waals surface area contributed by atoms with Crippen LogP contribution >= 0.6 is 23.4 Å². The zero-order valence-electron chi connectivity index (χ0n) is 19.2. The zero-order chi connectivity index (χ0) is 24.3. The number of nitrogens with zero attached hydrogens (tertiary/aromatic N) is 3. The molecule has 184 valence electrons. The molecule has 6 rings (SSSR count). The van der Waals surface area contributed by atoms with E-state index in [1.165, 1.54) is 0 Å². The van der Waals surface area contributed by atoms with E-state index in [1.54, 1.807) is 22.7 Å². The molecular formula is C25H27ClN4O4S. The van der Waals surface area contributed by atoms with Gasteiger partial charge in [-0.05, 0) is 30.4 Å². The van der Waals surface area contributed by atoms with E-state index in [9.17, 15) is 14.4 Å². The molecule has 0 bridgehead atoms. The molecule has 4 heterocycles. The number of carbonyl (C=O) groups excluding carboxylic acids is 3. The Morgan fingerprint density at radius 2 is 2.06 bits per heavy atom. The minimum atomic E-state index is -0.670. The van der Waals surface area contributed by atoms with E-state index in [-0.39, 0.29) is 30.8 Å². The minimum Gasteiger partial charge on any atom is -0.366 e. The summed E-state index contributed by atoms with van der Waals surface area (Å²) >= 11 is 8.08. The van der Waals surface area contributed by atoms with Gasteiger partial charge >= 0.3 is 0 Å². The number of primary amides is 1. The van der Waals surface area contributed by atoms with Crippen LogP contribution in [0.5, 0.6) is 0 Å². The topological polar surface area (TPSA) is 105 Å². The average Bonchev–Trinajstić information content (AvgIpc) is 3.64. The van der Waals surface area contributed by atoms with Crippen LogP contribution < -0.4 is 5.73 Å². The van der Waals surface area contributed by atoms with Gasteiger partial charge in [0.05, 0.1) is 23.5 Å². The lowest BCUT2D eigenvalue weighted by atomic mass is 9.78. The number of hydrogen-bond donors (Lipinski definition) is 1. The van der Waals surface area contributed by atoms with Crippen molar-refractivity contribution >= 4 is 51.8 Å². The van der Waals surface area contributed by atoms with Gasteiger partial charge in [0.2, 0.25) is 11.8 Å². The number of fused-ring (bicyclic) bond motifs is 2. The molecule has 2 amide bonds. The third kappa shape index (κ3) is 3.70. The summed E-state index contributed by atoms with van der Waals surface area (Å²) in [6, 6.07) is 4.82. The van der Waals surface area contributed by atoms with E-state index >= 15 is 0 Å². The molecule has 35 heavy (non-hydrogen) atoms. The number of amidine groups is 1. The Kier molecular flexibility index (Phi) is 5.89. The highest BCUT2D eigenvalue weighted by molar-refractivity contribution is 8.16. The molecule has 2 N–H and O–H groups in total. The highest BCUT2D eigenvalue weighted by Gasteiger charge is 2.54. The number of rotatable bonds is 5. The first kappa shape index (κ1) is 23.1. The number of alkyl halides is 1. The number of hydrogen-bond acceptors (Lipinski definition) is 7. The Morgan fingerprint density at radius 3 is 2.83 bits per heavy atom. The van der Waals surface area contributed by atoms with E-state index in [1.807, 2.05) is 17.5 Å². The monoisotopic (exact) mass is 514 g/mol. The molecule has 4 aliphatic heterocycles. The summed E-state index contributed by atoms with van der Waals surface area (Å²) in [5, 5.41) is 2.52. The maximum atomic E-state index is 14.4. The number of halogens is 1. The van der Waals surface area contributed by atoms with Crippen LogP contribution in [0.15, 0.2) is 28.6 Å². The Morgan fingerprint density at radius 1 is 1.26 bits per heavy atom. The zero-order valence-corrected chi connectivity index (χ0v) is 20.8. The van der Waals surface area contributed by atoms with E-state index in [4.69, 9.17) is 22.1 Å². The second-order valence-corrected chi connectivity index (χ2v) is 11.2. The van der Waals surface area contributed by atoms with Crippen molar-refractivity contribution in [3.05, 3.63) is 40.3 Å². The molecular weight excluding hydrogens is 488 g/mol. The Labute approximate surface area is 212 Å². The molecule has 1 aliphatic carbocycles. The maximum Gasteiger partial charge on any atom is 0.249 e. The standard InChI is InChI=1S/C25H27ClN4O4S/c26-16-10-30(21-18(31)11-34-22(16)21)24(33)19(13-4-1-2-5-13)20-14(6-3-7-15(20)23(27)32)17-12-35-25-28-8-9-29(17)25/h3,6-7,12-13,16,19,21-22H,1-2,4-5,8-11H2,(H2,27,32)/t16-,19-,21+,22+/m0/s1. The smallest absolute Gasteiger partial charge is 0.249 e. The molecule has 1 aromatic carbocycles. The Bertz CT molecular complexity index is 1160. The number of likely N-dealkylation sites (tertiary alicyclic amines) is 1. The summed E-state index contributed by atoms with van der Waals surface area (Å²) in [7, 11) is 0. The van der Waals surface area contributed by atoms with Crippen LogP contribution in [0.25, 0.3) is 5.70 Å². The van der Waals surface area contributed by atoms with E-state index in [2.05, 4.69) is 9.89 Å². The number of thioether (sulfide) groups is 1. The van der Waals surface area contributed by atoms with Crippen LogP contribution in [0, 0.1) is 5.92 Å². The lowest BCUT2D eigenvalue weighted by molar-refractivity contribution is -0.138. The van der Waals surface area contributed by atoms with Crippen LogP contribution in [-0.2, 0) is 14.3 Å². The number of nitrogens with two attached hydrogens (primary N) is 1. The van der Waals surface area contributed by atoms with Gasteiger partial charge in [-0.2, -0.15) is 0 Å². The first-order valence-electron chi connectivity index (χ1n) is 12.2. The van der Waals surface area contributed by atoms with Gasteiger partial charge in [-0.15, -0.1) is 11.6 Å². The minimum absolute atomic E-state index is 0.0271. The second-order valence-electron chi connectivity index (χ2n) is 9.78. The van der Waals surface area contributed by atoms with Crippen LogP contribution in [-0.4, -0.2) is 76.3 Å². The lowest BCUT2D eigenvalue weighted by Gasteiger charge is -2.33. The van der Waals surface area contributed by atoms with Crippen molar-refractivity contribution in [2.45, 2.75) is 49.1 Å². The molecule has 1 saturated carbocycles. The SMILES string of the molecule is NC(=O)c1cccc(C2=CSC3=NCCN23)c1[C@@H](C(=O)N1C[C@H](Cl)[C@H]2OCC(=O)[C@H]21)C1CCCC1. The van der Waals surface area contributed by atoms with Gasteiger partial charge in [0.15, 0.2) is 11.0 Å². The Hall–Kier alpha value is -2.36. The third-order valence-electron chi connectivity index (χ3n) is 7.87. The third-order valence-corrected chi connectivity index (χ3v) is 9.16. The number of amides is 2. The summed E-state index contributed by atoms with van der Waals surface area (Å²) in [6.07, 6.45) is 3.32.